The number of hydrogen-bond acceptors (Lipinski definition) is 3. The van der Waals surface area contributed by atoms with Crippen LogP contribution < -0.4 is 0 Å². The summed E-state index contributed by atoms with van der Waals surface area (Å²) in [5, 5.41) is 18.3. The highest BCUT2D eigenvalue weighted by atomic mass is 16.4. The summed E-state index contributed by atoms with van der Waals surface area (Å²) in [5.41, 5.74) is -0.335. The van der Waals surface area contributed by atoms with Crippen LogP contribution >= 0.6 is 0 Å². The number of hydrogen-bond donors (Lipinski definition) is 2. The van der Waals surface area contributed by atoms with Crippen molar-refractivity contribution in [2.24, 2.45) is 11.3 Å². The van der Waals surface area contributed by atoms with Crippen molar-refractivity contribution in [3.8, 4) is 0 Å². The highest BCUT2D eigenvalue weighted by molar-refractivity contribution is 5.78. The smallest absolute Gasteiger partial charge is 0.303 e. The molecule has 5 heteroatoms. The van der Waals surface area contributed by atoms with Gasteiger partial charge in [-0.05, 0) is 24.7 Å². The van der Waals surface area contributed by atoms with E-state index >= 15 is 0 Å². The quantitative estimate of drug-likeness (QED) is 0.804. The maximum absolute atomic E-state index is 12.4. The summed E-state index contributed by atoms with van der Waals surface area (Å²) >= 11 is 0. The number of rotatable bonds is 5. The molecule has 0 aromatic carbocycles. The molecule has 1 atom stereocenters. The summed E-state index contributed by atoms with van der Waals surface area (Å²) in [6.45, 7) is 1.45. The summed E-state index contributed by atoms with van der Waals surface area (Å²) in [6, 6.07) is 0. The molecule has 2 N–H and O–H groups in total. The molecule has 0 bridgehead atoms. The maximum atomic E-state index is 12.4. The second kappa shape index (κ2) is 6.57. The molecule has 0 aromatic rings. The van der Waals surface area contributed by atoms with E-state index in [-0.39, 0.29) is 30.3 Å². The van der Waals surface area contributed by atoms with Gasteiger partial charge >= 0.3 is 5.97 Å². The van der Waals surface area contributed by atoms with E-state index < -0.39 is 5.97 Å². The van der Waals surface area contributed by atoms with E-state index in [4.69, 9.17) is 10.2 Å². The molecule has 0 spiro atoms. The number of aliphatic carboxylic acids is 1. The number of carbonyl (C=O) groups excluding carboxylic acids is 1. The number of amides is 1. The molecule has 1 saturated heterocycles. The van der Waals surface area contributed by atoms with Crippen LogP contribution in [0.3, 0.4) is 0 Å². The number of likely N-dealkylation sites (tertiary alicyclic amines) is 1. The average Bonchev–Trinajstić information content (AvgIpc) is 2.87. The fourth-order valence-electron chi connectivity index (χ4n) is 3.68. The predicted octanol–water partition coefficient (Wildman–Crippen LogP) is 1.64. The fraction of sp³-hybridized carbons (Fsp3) is 0.867. The molecule has 1 aliphatic carbocycles. The van der Waals surface area contributed by atoms with Crippen molar-refractivity contribution in [1.29, 1.82) is 0 Å². The molecule has 5 nitrogen and oxygen atoms in total. The molecular weight excluding hydrogens is 258 g/mol. The Morgan fingerprint density at radius 3 is 2.40 bits per heavy atom. The second-order valence-electron chi connectivity index (χ2n) is 6.48. The number of carboxylic acid groups (broad SMARTS) is 1. The lowest BCUT2D eigenvalue weighted by molar-refractivity contribution is -0.142. The lowest BCUT2D eigenvalue weighted by Crippen LogP contribution is -2.37. The molecule has 1 saturated carbocycles. The van der Waals surface area contributed by atoms with Gasteiger partial charge in [-0.1, -0.05) is 19.3 Å². The van der Waals surface area contributed by atoms with Crippen molar-refractivity contribution in [2.45, 2.75) is 51.4 Å². The van der Waals surface area contributed by atoms with Crippen LogP contribution in [0.2, 0.25) is 0 Å². The van der Waals surface area contributed by atoms with Crippen molar-refractivity contribution in [2.75, 3.05) is 19.7 Å². The molecule has 2 rings (SSSR count). The van der Waals surface area contributed by atoms with Crippen LogP contribution in [0.25, 0.3) is 0 Å². The SMILES string of the molecule is O=C(O)CC1(CC(=O)N2CCC(CO)C2)CCCCC1. The van der Waals surface area contributed by atoms with Crippen LogP contribution in [0.15, 0.2) is 0 Å². The van der Waals surface area contributed by atoms with E-state index in [1.807, 2.05) is 0 Å². The molecule has 1 aliphatic heterocycles. The van der Waals surface area contributed by atoms with Crippen LogP contribution in [-0.2, 0) is 9.59 Å². The van der Waals surface area contributed by atoms with Gasteiger partial charge < -0.3 is 15.1 Å². The third-order valence-corrected chi connectivity index (χ3v) is 4.86. The number of nitrogens with zero attached hydrogens (tertiary/aromatic N) is 1. The van der Waals surface area contributed by atoms with Crippen LogP contribution in [0.5, 0.6) is 0 Å². The number of aliphatic hydroxyl groups excluding tert-OH is 1. The van der Waals surface area contributed by atoms with Crippen molar-refractivity contribution in [3.63, 3.8) is 0 Å². The van der Waals surface area contributed by atoms with Crippen LogP contribution in [0, 0.1) is 11.3 Å². The number of aliphatic hydroxyl groups is 1. The van der Waals surface area contributed by atoms with Gasteiger partial charge in [0.05, 0.1) is 6.42 Å². The molecule has 0 radical (unpaired) electrons. The second-order valence-corrected chi connectivity index (χ2v) is 6.48. The van der Waals surface area contributed by atoms with Gasteiger partial charge in [0.25, 0.3) is 0 Å². The molecule has 20 heavy (non-hydrogen) atoms. The van der Waals surface area contributed by atoms with Gasteiger partial charge in [0.2, 0.25) is 5.91 Å². The van der Waals surface area contributed by atoms with E-state index in [1.165, 1.54) is 0 Å². The first-order valence-electron chi connectivity index (χ1n) is 7.65. The molecule has 1 heterocycles. The lowest BCUT2D eigenvalue weighted by atomic mass is 9.69. The van der Waals surface area contributed by atoms with E-state index in [1.54, 1.807) is 4.90 Å². The minimum Gasteiger partial charge on any atom is -0.481 e. The first-order valence-corrected chi connectivity index (χ1v) is 7.65. The Hall–Kier alpha value is -1.10. The Balaban J connectivity index is 1.96. The summed E-state index contributed by atoms with van der Waals surface area (Å²) in [6.07, 6.45) is 6.22. The van der Waals surface area contributed by atoms with Crippen LogP contribution in [-0.4, -0.2) is 46.7 Å². The van der Waals surface area contributed by atoms with Gasteiger partial charge in [-0.15, -0.1) is 0 Å². The Labute approximate surface area is 120 Å². The monoisotopic (exact) mass is 283 g/mol. The zero-order chi connectivity index (χ0) is 14.6. The Morgan fingerprint density at radius 1 is 1.15 bits per heavy atom. The minimum absolute atomic E-state index is 0.0732. The van der Waals surface area contributed by atoms with Crippen LogP contribution in [0.1, 0.15) is 51.4 Å². The first-order chi connectivity index (χ1) is 9.54. The van der Waals surface area contributed by atoms with Crippen molar-refractivity contribution in [3.05, 3.63) is 0 Å². The normalized spacial score (nSPS) is 25.6. The molecule has 1 amide bonds. The van der Waals surface area contributed by atoms with Crippen LogP contribution in [0.4, 0.5) is 0 Å². The van der Waals surface area contributed by atoms with Gasteiger partial charge in [-0.25, -0.2) is 0 Å². The third kappa shape index (κ3) is 3.72. The Bertz CT molecular complexity index is 363. The highest BCUT2D eigenvalue weighted by Crippen LogP contribution is 2.43. The van der Waals surface area contributed by atoms with E-state index in [0.29, 0.717) is 19.5 Å². The molecule has 1 unspecified atom stereocenters. The van der Waals surface area contributed by atoms with Gasteiger partial charge in [0, 0.05) is 32.0 Å². The largest absolute Gasteiger partial charge is 0.481 e. The summed E-state index contributed by atoms with van der Waals surface area (Å²) in [4.78, 5) is 25.3. The summed E-state index contributed by atoms with van der Waals surface area (Å²) in [7, 11) is 0. The Kier molecular flexibility index (Phi) is 5.02. The van der Waals surface area contributed by atoms with Gasteiger partial charge in [-0.3, -0.25) is 9.59 Å². The molecule has 0 aromatic heterocycles. The molecule has 2 fully saturated rings. The Morgan fingerprint density at radius 2 is 1.85 bits per heavy atom. The number of carbonyl (C=O) groups is 2. The highest BCUT2D eigenvalue weighted by Gasteiger charge is 2.38. The topological polar surface area (TPSA) is 77.8 Å². The van der Waals surface area contributed by atoms with Gasteiger partial charge in [0.1, 0.15) is 0 Å². The van der Waals surface area contributed by atoms with E-state index in [2.05, 4.69) is 0 Å². The van der Waals surface area contributed by atoms with E-state index in [9.17, 15) is 9.59 Å². The summed E-state index contributed by atoms with van der Waals surface area (Å²) < 4.78 is 0. The van der Waals surface area contributed by atoms with Crippen molar-refractivity contribution in [1.82, 2.24) is 4.90 Å². The first kappa shape index (κ1) is 15.3. The predicted molar refractivity (Wildman–Crippen MR) is 74.2 cm³/mol. The van der Waals surface area contributed by atoms with Crippen molar-refractivity contribution >= 4 is 11.9 Å². The molecular formula is C15H25NO4. The van der Waals surface area contributed by atoms with Gasteiger partial charge in [-0.2, -0.15) is 0 Å². The molecule has 2 aliphatic rings. The van der Waals surface area contributed by atoms with Crippen molar-refractivity contribution < 1.29 is 19.8 Å². The van der Waals surface area contributed by atoms with Gasteiger partial charge in [0.15, 0.2) is 0 Å². The maximum Gasteiger partial charge on any atom is 0.303 e. The third-order valence-electron chi connectivity index (χ3n) is 4.86. The lowest BCUT2D eigenvalue weighted by Gasteiger charge is -2.36. The zero-order valence-corrected chi connectivity index (χ0v) is 12.0. The standard InChI is InChI=1S/C15H25NO4/c17-11-12-4-7-16(10-12)13(18)8-15(9-14(19)20)5-2-1-3-6-15/h12,17H,1-11H2,(H,19,20). The van der Waals surface area contributed by atoms with E-state index in [0.717, 1.165) is 38.5 Å². The zero-order valence-electron chi connectivity index (χ0n) is 12.0. The fourth-order valence-corrected chi connectivity index (χ4v) is 3.68. The number of carboxylic acids is 1. The minimum atomic E-state index is -0.797. The molecule has 114 valence electrons. The summed E-state index contributed by atoms with van der Waals surface area (Å²) in [5.74, 6) is -0.529. The average molecular weight is 283 g/mol.